The molecular formula is C13H21N5O. The highest BCUT2D eigenvalue weighted by molar-refractivity contribution is 5.92. The molecule has 1 saturated heterocycles. The molecule has 0 radical (unpaired) electrons. The van der Waals surface area contributed by atoms with E-state index in [2.05, 4.69) is 22.2 Å². The van der Waals surface area contributed by atoms with E-state index in [1.807, 2.05) is 4.90 Å². The van der Waals surface area contributed by atoms with Crippen LogP contribution in [0.1, 0.15) is 23.8 Å². The minimum Gasteiger partial charge on any atom is -0.335 e. The maximum absolute atomic E-state index is 12.3. The van der Waals surface area contributed by atoms with Crippen LogP contribution < -0.4 is 11.3 Å². The number of nitrogens with one attached hydrogen (secondary N) is 1. The Morgan fingerprint density at radius 3 is 2.63 bits per heavy atom. The first-order valence-corrected chi connectivity index (χ1v) is 6.69. The number of hydrazine groups is 1. The first kappa shape index (κ1) is 13.8. The molecule has 0 unspecified atom stereocenters. The number of nitrogen functional groups attached to an aromatic ring is 1. The number of aromatic nitrogens is 1. The fourth-order valence-corrected chi connectivity index (χ4v) is 2.26. The van der Waals surface area contributed by atoms with Crippen molar-refractivity contribution in [1.82, 2.24) is 14.8 Å². The van der Waals surface area contributed by atoms with Gasteiger partial charge in [0.25, 0.3) is 5.91 Å². The van der Waals surface area contributed by atoms with E-state index in [4.69, 9.17) is 5.84 Å². The van der Waals surface area contributed by atoms with E-state index in [9.17, 15) is 4.79 Å². The van der Waals surface area contributed by atoms with Crippen LogP contribution in [0.4, 0.5) is 5.69 Å². The number of hydrogen-bond acceptors (Lipinski definition) is 5. The van der Waals surface area contributed by atoms with Gasteiger partial charge in [0.15, 0.2) is 0 Å². The Labute approximate surface area is 113 Å². The lowest BCUT2D eigenvalue weighted by Crippen LogP contribution is -2.48. The third kappa shape index (κ3) is 3.42. The van der Waals surface area contributed by atoms with E-state index in [0.29, 0.717) is 11.4 Å². The Kier molecular flexibility index (Phi) is 4.70. The van der Waals surface area contributed by atoms with E-state index in [1.165, 1.54) is 0 Å². The van der Waals surface area contributed by atoms with Gasteiger partial charge in [0.2, 0.25) is 0 Å². The second-order valence-corrected chi connectivity index (χ2v) is 4.71. The van der Waals surface area contributed by atoms with Crippen molar-refractivity contribution in [2.24, 2.45) is 5.84 Å². The summed E-state index contributed by atoms with van der Waals surface area (Å²) in [5.74, 6) is 5.27. The van der Waals surface area contributed by atoms with Crippen molar-refractivity contribution in [2.45, 2.75) is 13.3 Å². The first-order valence-electron chi connectivity index (χ1n) is 6.69. The third-order valence-electron chi connectivity index (χ3n) is 3.35. The molecule has 2 rings (SSSR count). The summed E-state index contributed by atoms with van der Waals surface area (Å²) < 4.78 is 0. The zero-order chi connectivity index (χ0) is 13.7. The Hall–Kier alpha value is -1.66. The van der Waals surface area contributed by atoms with Crippen molar-refractivity contribution >= 4 is 11.6 Å². The molecule has 2 heterocycles. The molecule has 1 aromatic heterocycles. The Morgan fingerprint density at radius 1 is 1.37 bits per heavy atom. The topological polar surface area (TPSA) is 74.5 Å². The number of rotatable bonds is 4. The second-order valence-electron chi connectivity index (χ2n) is 4.71. The highest BCUT2D eigenvalue weighted by Crippen LogP contribution is 2.09. The van der Waals surface area contributed by atoms with Crippen LogP contribution in [0.2, 0.25) is 0 Å². The Morgan fingerprint density at radius 2 is 2.11 bits per heavy atom. The molecule has 0 spiro atoms. The predicted molar refractivity (Wildman–Crippen MR) is 74.7 cm³/mol. The van der Waals surface area contributed by atoms with Crippen molar-refractivity contribution in [3.8, 4) is 0 Å². The fraction of sp³-hybridized carbons (Fsp3) is 0.538. The Balaban J connectivity index is 1.93. The molecule has 0 bridgehead atoms. The molecule has 6 heteroatoms. The van der Waals surface area contributed by atoms with Crippen LogP contribution in [0.25, 0.3) is 0 Å². The van der Waals surface area contributed by atoms with Crippen LogP contribution in [0, 0.1) is 0 Å². The maximum atomic E-state index is 12.3. The molecule has 0 aliphatic carbocycles. The van der Waals surface area contributed by atoms with Crippen LogP contribution in [-0.4, -0.2) is 53.4 Å². The number of carbonyl (C=O) groups excluding carboxylic acids is 1. The molecule has 3 N–H and O–H groups in total. The lowest BCUT2D eigenvalue weighted by molar-refractivity contribution is 0.0632. The van der Waals surface area contributed by atoms with Gasteiger partial charge in [-0.3, -0.25) is 15.5 Å². The minimum absolute atomic E-state index is 0.000259. The molecule has 6 nitrogen and oxygen atoms in total. The van der Waals surface area contributed by atoms with Gasteiger partial charge in [0.1, 0.15) is 5.69 Å². The van der Waals surface area contributed by atoms with Crippen molar-refractivity contribution in [3.05, 3.63) is 24.0 Å². The molecule has 1 aliphatic heterocycles. The lowest BCUT2D eigenvalue weighted by Gasteiger charge is -2.34. The van der Waals surface area contributed by atoms with Crippen LogP contribution in [0.3, 0.4) is 0 Å². The summed E-state index contributed by atoms with van der Waals surface area (Å²) in [6.45, 7) is 6.73. The minimum atomic E-state index is -0.000259. The number of pyridine rings is 1. The first-order chi connectivity index (χ1) is 9.24. The monoisotopic (exact) mass is 263 g/mol. The fourth-order valence-electron chi connectivity index (χ4n) is 2.26. The Bertz CT molecular complexity index is 412. The van der Waals surface area contributed by atoms with Crippen molar-refractivity contribution in [2.75, 3.05) is 38.1 Å². The molecule has 1 aliphatic rings. The van der Waals surface area contributed by atoms with Gasteiger partial charge in [-0.15, -0.1) is 0 Å². The summed E-state index contributed by atoms with van der Waals surface area (Å²) in [7, 11) is 0. The summed E-state index contributed by atoms with van der Waals surface area (Å²) >= 11 is 0. The van der Waals surface area contributed by atoms with Crippen molar-refractivity contribution in [1.29, 1.82) is 0 Å². The van der Waals surface area contributed by atoms with Crippen LogP contribution in [0.15, 0.2) is 18.3 Å². The molecule has 0 aromatic carbocycles. The molecule has 19 heavy (non-hydrogen) atoms. The standard InChI is InChI=1S/C13H21N5O/c1-2-5-17-6-8-18(9-7-17)13(19)12-4-3-11(16-14)10-15-12/h3-4,10,16H,2,5-9,14H2,1H3. The number of anilines is 1. The normalized spacial score (nSPS) is 16.4. The van der Waals surface area contributed by atoms with E-state index in [1.54, 1.807) is 18.3 Å². The predicted octanol–water partition coefficient (Wildman–Crippen LogP) is 0.535. The summed E-state index contributed by atoms with van der Waals surface area (Å²) in [4.78, 5) is 20.6. The van der Waals surface area contributed by atoms with Crippen LogP contribution in [-0.2, 0) is 0 Å². The van der Waals surface area contributed by atoms with E-state index in [-0.39, 0.29) is 5.91 Å². The van der Waals surface area contributed by atoms with Gasteiger partial charge in [0, 0.05) is 26.2 Å². The number of nitrogens with zero attached hydrogens (tertiary/aromatic N) is 3. The van der Waals surface area contributed by atoms with Crippen molar-refractivity contribution < 1.29 is 4.79 Å². The highest BCUT2D eigenvalue weighted by atomic mass is 16.2. The molecule has 0 saturated carbocycles. The zero-order valence-electron chi connectivity index (χ0n) is 11.3. The largest absolute Gasteiger partial charge is 0.335 e. The van der Waals surface area contributed by atoms with Crippen LogP contribution >= 0.6 is 0 Å². The molecular weight excluding hydrogens is 242 g/mol. The molecule has 0 atom stereocenters. The van der Waals surface area contributed by atoms with Gasteiger partial charge in [-0.25, -0.2) is 4.98 Å². The highest BCUT2D eigenvalue weighted by Gasteiger charge is 2.22. The summed E-state index contributed by atoms with van der Waals surface area (Å²) in [5, 5.41) is 0. The average molecular weight is 263 g/mol. The number of hydrogen-bond donors (Lipinski definition) is 2. The lowest BCUT2D eigenvalue weighted by atomic mass is 10.2. The van der Waals surface area contributed by atoms with Gasteiger partial charge in [-0.2, -0.15) is 0 Å². The number of carbonyl (C=O) groups is 1. The summed E-state index contributed by atoms with van der Waals surface area (Å²) in [5.41, 5.74) is 3.67. The number of amides is 1. The maximum Gasteiger partial charge on any atom is 0.272 e. The van der Waals surface area contributed by atoms with E-state index in [0.717, 1.165) is 39.1 Å². The number of nitrogens with two attached hydrogens (primary N) is 1. The number of piperazine rings is 1. The van der Waals surface area contributed by atoms with Gasteiger partial charge >= 0.3 is 0 Å². The molecule has 1 fully saturated rings. The average Bonchev–Trinajstić information content (AvgIpc) is 2.48. The SMILES string of the molecule is CCCN1CCN(C(=O)c2ccc(NN)cn2)CC1. The molecule has 1 amide bonds. The van der Waals surface area contributed by atoms with Gasteiger partial charge in [-0.05, 0) is 25.1 Å². The van der Waals surface area contributed by atoms with E-state index >= 15 is 0 Å². The summed E-state index contributed by atoms with van der Waals surface area (Å²) in [6.07, 6.45) is 2.73. The van der Waals surface area contributed by atoms with Crippen LogP contribution in [0.5, 0.6) is 0 Å². The second kappa shape index (κ2) is 6.49. The van der Waals surface area contributed by atoms with E-state index < -0.39 is 0 Å². The van der Waals surface area contributed by atoms with Gasteiger partial charge < -0.3 is 10.3 Å². The van der Waals surface area contributed by atoms with Crippen molar-refractivity contribution in [3.63, 3.8) is 0 Å². The van der Waals surface area contributed by atoms with Gasteiger partial charge in [-0.1, -0.05) is 6.92 Å². The third-order valence-corrected chi connectivity index (χ3v) is 3.35. The van der Waals surface area contributed by atoms with Gasteiger partial charge in [0.05, 0.1) is 11.9 Å². The zero-order valence-corrected chi connectivity index (χ0v) is 11.3. The smallest absolute Gasteiger partial charge is 0.272 e. The molecule has 1 aromatic rings. The quantitative estimate of drug-likeness (QED) is 0.612. The summed E-state index contributed by atoms with van der Waals surface area (Å²) in [6, 6.07) is 3.46. The molecule has 104 valence electrons.